The molecule has 63 heavy (non-hydrogen) atoms. The number of amides is 1. The van der Waals surface area contributed by atoms with Gasteiger partial charge in [0.05, 0.1) is 39.9 Å². The molecular formula is C53H94N2O7P+. The molecule has 0 saturated carbocycles. The third kappa shape index (κ3) is 44.4. The van der Waals surface area contributed by atoms with Gasteiger partial charge in [-0.25, -0.2) is 4.57 Å². The molecule has 0 spiro atoms. The topological polar surface area (TPSA) is 125 Å². The van der Waals surface area contributed by atoms with E-state index >= 15 is 0 Å². The number of quaternary nitrogens is 1. The maximum Gasteiger partial charge on any atom is 0.472 e. The van der Waals surface area contributed by atoms with Crippen molar-refractivity contribution in [3.63, 3.8) is 0 Å². The van der Waals surface area contributed by atoms with Crippen molar-refractivity contribution in [2.75, 3.05) is 40.9 Å². The number of carbonyl (C=O) groups excluding carboxylic acids is 1. The van der Waals surface area contributed by atoms with Crippen LogP contribution in [0.25, 0.3) is 0 Å². The smallest absolute Gasteiger partial charge is 0.390 e. The van der Waals surface area contributed by atoms with Crippen LogP contribution in [-0.2, 0) is 18.4 Å². The second-order valence-electron chi connectivity index (χ2n) is 17.6. The van der Waals surface area contributed by atoms with E-state index in [9.17, 15) is 24.5 Å². The summed E-state index contributed by atoms with van der Waals surface area (Å²) in [5.74, 6) is -0.305. The lowest BCUT2D eigenvalue weighted by molar-refractivity contribution is -0.870. The molecule has 0 aromatic heterocycles. The van der Waals surface area contributed by atoms with E-state index in [0.29, 0.717) is 23.9 Å². The first-order valence-electron chi connectivity index (χ1n) is 24.7. The number of aliphatic hydroxyl groups is 2. The van der Waals surface area contributed by atoms with Crippen molar-refractivity contribution >= 4 is 13.7 Å². The number of hydrogen-bond acceptors (Lipinski definition) is 6. The Labute approximate surface area is 386 Å². The van der Waals surface area contributed by atoms with Crippen molar-refractivity contribution in [3.8, 4) is 0 Å². The molecule has 0 aliphatic heterocycles. The predicted molar refractivity (Wildman–Crippen MR) is 268 cm³/mol. The Morgan fingerprint density at radius 2 is 0.984 bits per heavy atom. The monoisotopic (exact) mass is 902 g/mol. The molecule has 0 bridgehead atoms. The molecule has 0 radical (unpaired) electrons. The average molecular weight is 902 g/mol. The molecule has 0 rings (SSSR count). The number of nitrogens with zero attached hydrogens (tertiary/aromatic N) is 1. The number of unbranched alkanes of at least 4 members (excludes halogenated alkanes) is 13. The number of rotatable bonds is 43. The second kappa shape index (κ2) is 43.3. The molecule has 1 amide bonds. The van der Waals surface area contributed by atoms with Crippen LogP contribution in [0.15, 0.2) is 97.2 Å². The lowest BCUT2D eigenvalue weighted by atomic mass is 9.99. The minimum Gasteiger partial charge on any atom is -0.390 e. The zero-order valence-electron chi connectivity index (χ0n) is 40.6. The van der Waals surface area contributed by atoms with E-state index in [1.807, 2.05) is 21.1 Å². The molecule has 0 aliphatic carbocycles. The van der Waals surface area contributed by atoms with Crippen molar-refractivity contribution in [2.24, 2.45) is 0 Å². The van der Waals surface area contributed by atoms with Gasteiger partial charge in [0.1, 0.15) is 19.3 Å². The maximum absolute atomic E-state index is 12.9. The number of likely N-dealkylation sites (N-methyl/N-ethyl adjacent to an activating group) is 1. The molecule has 0 saturated heterocycles. The highest BCUT2D eigenvalue weighted by Crippen LogP contribution is 2.43. The van der Waals surface area contributed by atoms with Crippen LogP contribution < -0.4 is 5.32 Å². The van der Waals surface area contributed by atoms with E-state index in [1.165, 1.54) is 57.8 Å². The van der Waals surface area contributed by atoms with Gasteiger partial charge in [0.2, 0.25) is 5.91 Å². The molecular weight excluding hydrogens is 808 g/mol. The number of phosphoric acid groups is 1. The van der Waals surface area contributed by atoms with E-state index in [1.54, 1.807) is 0 Å². The Bertz CT molecular complexity index is 1360. The summed E-state index contributed by atoms with van der Waals surface area (Å²) in [5.41, 5.74) is 0. The van der Waals surface area contributed by atoms with Crippen LogP contribution in [0, 0.1) is 0 Å². The third-order valence-corrected chi connectivity index (χ3v) is 11.4. The molecule has 10 heteroatoms. The molecule has 0 aromatic rings. The first-order chi connectivity index (χ1) is 30.4. The molecule has 0 heterocycles. The zero-order chi connectivity index (χ0) is 46.5. The van der Waals surface area contributed by atoms with Crippen molar-refractivity contribution < 1.29 is 38.0 Å². The molecule has 9 nitrogen and oxygen atoms in total. The third-order valence-electron chi connectivity index (χ3n) is 10.4. The van der Waals surface area contributed by atoms with Crippen LogP contribution in [0.2, 0.25) is 0 Å². The molecule has 4 N–H and O–H groups in total. The van der Waals surface area contributed by atoms with Gasteiger partial charge >= 0.3 is 7.82 Å². The standard InChI is InChI=1S/C53H93N2O7P/c1-6-8-10-12-14-16-18-20-21-22-23-24-25-26-27-28-29-30-31-32-33-34-36-38-40-42-44-46-52(57)54-50(49-62-63(59,60)61-48-47-55(3,4)5)53(58)51(56)45-43-41-39-37-35-19-17-15-13-11-9-7-2/h8,10,14,16,20-21,23-24,26-27,29-30,32-33,36,38,50-51,53,56,58H,6-7,9,11-13,15,17-19,22,25,28,31,34-35,37,39-49H2,1-5H3,(H-,54,57,59,60)/p+1/b10-8-,16-14-,21-20-,24-23-,27-26-,30-29-,33-32-,38-36-. The van der Waals surface area contributed by atoms with Gasteiger partial charge < -0.3 is 24.9 Å². The zero-order valence-corrected chi connectivity index (χ0v) is 41.5. The molecule has 0 fully saturated rings. The van der Waals surface area contributed by atoms with Crippen LogP contribution in [-0.4, -0.2) is 84.6 Å². The Morgan fingerprint density at radius 1 is 0.571 bits per heavy atom. The van der Waals surface area contributed by atoms with E-state index < -0.39 is 32.7 Å². The Morgan fingerprint density at radius 3 is 1.41 bits per heavy atom. The van der Waals surface area contributed by atoms with Gasteiger partial charge in [0, 0.05) is 6.42 Å². The number of aliphatic hydroxyl groups excluding tert-OH is 2. The highest BCUT2D eigenvalue weighted by atomic mass is 31.2. The lowest BCUT2D eigenvalue weighted by Gasteiger charge is -2.28. The predicted octanol–water partition coefficient (Wildman–Crippen LogP) is 13.3. The fraction of sp³-hybridized carbons (Fsp3) is 0.679. The average Bonchev–Trinajstić information content (AvgIpc) is 3.24. The maximum atomic E-state index is 12.9. The Kier molecular flexibility index (Phi) is 41.5. The highest BCUT2D eigenvalue weighted by Gasteiger charge is 2.31. The number of nitrogens with one attached hydrogen (secondary N) is 1. The van der Waals surface area contributed by atoms with E-state index in [0.717, 1.165) is 83.5 Å². The van der Waals surface area contributed by atoms with Gasteiger partial charge in [-0.3, -0.25) is 13.8 Å². The number of hydrogen-bond donors (Lipinski definition) is 4. The van der Waals surface area contributed by atoms with Crippen molar-refractivity contribution in [1.29, 1.82) is 0 Å². The minimum atomic E-state index is -4.44. The lowest BCUT2D eigenvalue weighted by Crippen LogP contribution is -2.51. The summed E-state index contributed by atoms with van der Waals surface area (Å²) in [6.07, 6.45) is 57.6. The van der Waals surface area contributed by atoms with Crippen LogP contribution in [0.4, 0.5) is 0 Å². The fourth-order valence-electron chi connectivity index (χ4n) is 6.51. The molecule has 0 aliphatic rings. The first kappa shape index (κ1) is 60.4. The number of allylic oxidation sites excluding steroid dienone is 16. The fourth-order valence-corrected chi connectivity index (χ4v) is 7.25. The summed E-state index contributed by atoms with van der Waals surface area (Å²) in [6, 6.07) is -1.06. The van der Waals surface area contributed by atoms with Gasteiger partial charge in [-0.2, -0.15) is 0 Å². The molecule has 4 atom stereocenters. The first-order valence-corrected chi connectivity index (χ1v) is 26.2. The summed E-state index contributed by atoms with van der Waals surface area (Å²) in [6.45, 7) is 4.43. The normalized spacial score (nSPS) is 15.5. The van der Waals surface area contributed by atoms with E-state index in [2.05, 4.69) is 116 Å². The van der Waals surface area contributed by atoms with Crippen LogP contribution >= 0.6 is 7.82 Å². The van der Waals surface area contributed by atoms with Crippen molar-refractivity contribution in [2.45, 2.75) is 193 Å². The molecule has 362 valence electrons. The summed E-state index contributed by atoms with van der Waals surface area (Å²) in [5, 5.41) is 24.7. The number of phosphoric ester groups is 1. The summed E-state index contributed by atoms with van der Waals surface area (Å²) < 4.78 is 23.5. The van der Waals surface area contributed by atoms with Gasteiger partial charge in [-0.1, -0.05) is 188 Å². The summed E-state index contributed by atoms with van der Waals surface area (Å²) >= 11 is 0. The van der Waals surface area contributed by atoms with Crippen LogP contribution in [0.1, 0.15) is 174 Å². The summed E-state index contributed by atoms with van der Waals surface area (Å²) in [4.78, 5) is 23.2. The van der Waals surface area contributed by atoms with Gasteiger partial charge in [0.25, 0.3) is 0 Å². The van der Waals surface area contributed by atoms with Gasteiger partial charge in [-0.05, 0) is 77.0 Å². The van der Waals surface area contributed by atoms with Gasteiger partial charge in [0.15, 0.2) is 0 Å². The second-order valence-corrected chi connectivity index (χ2v) is 19.0. The van der Waals surface area contributed by atoms with Crippen LogP contribution in [0.5, 0.6) is 0 Å². The largest absolute Gasteiger partial charge is 0.472 e. The van der Waals surface area contributed by atoms with E-state index in [-0.39, 0.29) is 18.9 Å². The minimum absolute atomic E-state index is 0.00744. The summed E-state index contributed by atoms with van der Waals surface area (Å²) in [7, 11) is 1.39. The van der Waals surface area contributed by atoms with Crippen LogP contribution in [0.3, 0.4) is 0 Å². The van der Waals surface area contributed by atoms with E-state index in [4.69, 9.17) is 9.05 Å². The quantitative estimate of drug-likeness (QED) is 0.0208. The highest BCUT2D eigenvalue weighted by molar-refractivity contribution is 7.47. The van der Waals surface area contributed by atoms with Crippen molar-refractivity contribution in [3.05, 3.63) is 97.2 Å². The Hall–Kier alpha value is -2.62. The molecule has 4 unspecified atom stereocenters. The van der Waals surface area contributed by atoms with Gasteiger partial charge in [-0.15, -0.1) is 0 Å². The molecule has 0 aromatic carbocycles. The Balaban J connectivity index is 4.48. The van der Waals surface area contributed by atoms with Crippen molar-refractivity contribution in [1.82, 2.24) is 5.32 Å². The SMILES string of the molecule is CC/C=C\C/C=C\C/C=C\C/C=C\C/C=C\C/C=C\C/C=C\C/C=C\CCCCC(=O)NC(COP(=O)(O)OCC[N+](C)(C)C)C(O)C(O)CCCCCCCCCCCCCC. The number of carbonyl (C=O) groups is 1.